The van der Waals surface area contributed by atoms with Crippen molar-refractivity contribution in [1.82, 2.24) is 14.0 Å². The van der Waals surface area contributed by atoms with E-state index in [2.05, 4.69) is 15.6 Å². The number of amides is 2. The second-order valence-electron chi connectivity index (χ2n) is 14.6. The Kier molecular flexibility index (Phi) is 9.31. The average molecular weight is 762 g/mol. The number of carbonyl (C=O) groups is 2. The molecule has 56 heavy (non-hydrogen) atoms. The van der Waals surface area contributed by atoms with Crippen LogP contribution in [0.2, 0.25) is 5.02 Å². The number of allylic oxidation sites excluding steroid dienone is 1. The van der Waals surface area contributed by atoms with Crippen molar-refractivity contribution in [2.45, 2.75) is 51.2 Å². The van der Waals surface area contributed by atoms with Gasteiger partial charge in [0, 0.05) is 83.8 Å². The van der Waals surface area contributed by atoms with E-state index >= 15 is 9.59 Å². The summed E-state index contributed by atoms with van der Waals surface area (Å²) in [5, 5.41) is 11.9. The fraction of sp³-hybridized carbons (Fsp3) is 0.196. The summed E-state index contributed by atoms with van der Waals surface area (Å²) in [4.78, 5) is 38.1. The highest BCUT2D eigenvalue weighted by Gasteiger charge is 2.35. The number of halogens is 1. The number of aliphatic imine (C=N–C) groups is 1. The number of anilines is 2. The zero-order valence-corrected chi connectivity index (χ0v) is 31.7. The number of aromatic hydroxyl groups is 1. The molecule has 10 heteroatoms. The predicted octanol–water partition coefficient (Wildman–Crippen LogP) is 9.73. The highest BCUT2D eigenvalue weighted by atomic mass is 35.5. The molecule has 0 radical (unpaired) electrons. The number of nitrogens with zero attached hydrogens (tertiary/aromatic N) is 5. The minimum absolute atomic E-state index is 0.106. The van der Waals surface area contributed by atoms with Gasteiger partial charge in [0.15, 0.2) is 0 Å². The lowest BCUT2D eigenvalue weighted by Crippen LogP contribution is -2.45. The lowest BCUT2D eigenvalue weighted by atomic mass is 9.90. The molecule has 0 saturated heterocycles. The van der Waals surface area contributed by atoms with E-state index < -0.39 is 0 Å². The first kappa shape index (κ1) is 35.4. The van der Waals surface area contributed by atoms with Crippen molar-refractivity contribution in [3.05, 3.63) is 161 Å². The molecular weight excluding hydrogens is 722 g/mol. The number of aromatic nitrogens is 2. The summed E-state index contributed by atoms with van der Waals surface area (Å²) >= 11 is 6.73. The van der Waals surface area contributed by atoms with Gasteiger partial charge in [-0.1, -0.05) is 48.0 Å². The number of hydrogen-bond donors (Lipinski definition) is 1. The van der Waals surface area contributed by atoms with Crippen molar-refractivity contribution >= 4 is 51.9 Å². The van der Waals surface area contributed by atoms with Crippen molar-refractivity contribution in [2.24, 2.45) is 12.0 Å². The van der Waals surface area contributed by atoms with Crippen LogP contribution in [0.5, 0.6) is 5.75 Å². The molecule has 0 saturated carbocycles. The maximum absolute atomic E-state index is 15.1. The van der Waals surface area contributed by atoms with Crippen molar-refractivity contribution in [3.63, 3.8) is 0 Å². The minimum Gasteiger partial charge on any atom is -0.508 e. The summed E-state index contributed by atoms with van der Waals surface area (Å²) in [5.41, 5.74) is 8.12. The fourth-order valence-corrected chi connectivity index (χ4v) is 8.66. The zero-order chi connectivity index (χ0) is 38.3. The van der Waals surface area contributed by atoms with Gasteiger partial charge in [-0.15, -0.1) is 0 Å². The van der Waals surface area contributed by atoms with E-state index in [0.717, 1.165) is 64.8 Å². The third-order valence-electron chi connectivity index (χ3n) is 11.2. The van der Waals surface area contributed by atoms with Crippen LogP contribution in [0, 0.1) is 0 Å². The Morgan fingerprint density at radius 3 is 2.66 bits per heavy atom. The van der Waals surface area contributed by atoms with Crippen LogP contribution in [-0.2, 0) is 37.7 Å². The summed E-state index contributed by atoms with van der Waals surface area (Å²) in [6.45, 7) is 1.12. The van der Waals surface area contributed by atoms with Gasteiger partial charge in [-0.3, -0.25) is 19.5 Å². The molecule has 1 atom stereocenters. The first-order valence-corrected chi connectivity index (χ1v) is 19.3. The van der Waals surface area contributed by atoms with Gasteiger partial charge in [0.05, 0.1) is 23.7 Å². The van der Waals surface area contributed by atoms with Gasteiger partial charge in [0.25, 0.3) is 11.8 Å². The molecule has 280 valence electrons. The third kappa shape index (κ3) is 6.47. The second-order valence-corrected chi connectivity index (χ2v) is 15.0. The Hall–Kier alpha value is -6.32. The molecule has 4 aromatic carbocycles. The van der Waals surface area contributed by atoms with Gasteiger partial charge in [-0.25, -0.2) is 0 Å². The highest BCUT2D eigenvalue weighted by molar-refractivity contribution is 6.31. The molecule has 1 N–H and O–H groups in total. The van der Waals surface area contributed by atoms with Crippen molar-refractivity contribution < 1.29 is 19.4 Å². The molecule has 0 bridgehead atoms. The van der Waals surface area contributed by atoms with E-state index in [1.807, 2.05) is 89.4 Å². The molecule has 0 spiro atoms. The van der Waals surface area contributed by atoms with Crippen LogP contribution in [0.1, 0.15) is 56.8 Å². The first-order chi connectivity index (χ1) is 27.3. The van der Waals surface area contributed by atoms with Gasteiger partial charge in [-0.05, 0) is 109 Å². The molecule has 5 heterocycles. The highest BCUT2D eigenvalue weighted by Crippen LogP contribution is 2.39. The van der Waals surface area contributed by atoms with Crippen LogP contribution in [0.15, 0.2) is 133 Å². The average Bonchev–Trinajstić information content (AvgIpc) is 3.68. The van der Waals surface area contributed by atoms with Crippen molar-refractivity contribution in [1.29, 1.82) is 0 Å². The number of phenols is 1. The Bertz CT molecular complexity index is 2600. The second kappa shape index (κ2) is 14.7. The standard InChI is InChI=1S/C46H40ClN5O4/c1-49-22-19-30-13-14-33(26-43(30)49)52(32-15-17-35(53)18-16-32)46(55)40-27-44(50-21-5-4-12-42(40)50)37-9-2-3-10-38(37)45(54)51-29-31-8-6-11-41(47)39(31)25-34(51)24-36-28-48-20-7-23-56-36/h2-3,6-11,13-20,22-23,26-28,34,53H,4-5,12,21,24-25,29H2,1H3/t34-/m1/s1. The Morgan fingerprint density at radius 1 is 0.946 bits per heavy atom. The smallest absolute Gasteiger partial charge is 0.264 e. The van der Waals surface area contributed by atoms with E-state index in [4.69, 9.17) is 16.3 Å². The monoisotopic (exact) mass is 761 g/mol. The number of aryl methyl sites for hydroxylation is 1. The number of benzene rings is 4. The van der Waals surface area contributed by atoms with Crippen LogP contribution in [0.25, 0.3) is 22.2 Å². The lowest BCUT2D eigenvalue weighted by Gasteiger charge is -2.38. The largest absolute Gasteiger partial charge is 0.508 e. The zero-order valence-electron chi connectivity index (χ0n) is 30.9. The van der Waals surface area contributed by atoms with Crippen LogP contribution in [0.4, 0.5) is 11.4 Å². The number of ether oxygens (including phenoxy) is 1. The minimum atomic E-state index is -0.241. The number of fused-ring (bicyclic) bond motifs is 3. The van der Waals surface area contributed by atoms with Crippen molar-refractivity contribution in [2.75, 3.05) is 4.90 Å². The van der Waals surface area contributed by atoms with E-state index in [0.29, 0.717) is 52.7 Å². The predicted molar refractivity (Wildman–Crippen MR) is 221 cm³/mol. The van der Waals surface area contributed by atoms with Gasteiger partial charge in [0.1, 0.15) is 11.5 Å². The normalized spacial score (nSPS) is 16.1. The van der Waals surface area contributed by atoms with Gasteiger partial charge in [0.2, 0.25) is 0 Å². The molecule has 6 aromatic rings. The molecule has 9 rings (SSSR count). The lowest BCUT2D eigenvalue weighted by molar-refractivity contribution is 0.0627. The van der Waals surface area contributed by atoms with Crippen molar-refractivity contribution in [3.8, 4) is 17.0 Å². The quantitative estimate of drug-likeness (QED) is 0.175. The first-order valence-electron chi connectivity index (χ1n) is 19.0. The number of hydrogen-bond acceptors (Lipinski definition) is 5. The van der Waals surface area contributed by atoms with Gasteiger partial charge in [-0.2, -0.15) is 0 Å². The molecular formula is C46H40ClN5O4. The van der Waals surface area contributed by atoms with Crippen LogP contribution < -0.4 is 4.90 Å². The van der Waals surface area contributed by atoms with Crippen LogP contribution in [0.3, 0.4) is 0 Å². The SMILES string of the molecule is Cn1ccc2ccc(N(C(=O)c3cc(-c4ccccc4C(=O)N4Cc5cccc(Cl)c5C[C@H]4CC4=CN=CC=CO4)n4c3CCCC4)c3ccc(O)cc3)cc21. The molecule has 3 aliphatic heterocycles. The van der Waals surface area contributed by atoms with Gasteiger partial charge >= 0.3 is 0 Å². The van der Waals surface area contributed by atoms with Crippen LogP contribution >= 0.6 is 11.6 Å². The van der Waals surface area contributed by atoms with E-state index in [1.165, 1.54) is 0 Å². The number of carbonyl (C=O) groups excluding carboxylic acids is 2. The maximum atomic E-state index is 15.1. The number of phenolic OH excluding ortho intramolecular Hbond substituents is 1. The molecule has 2 amide bonds. The van der Waals surface area contributed by atoms with E-state index in [-0.39, 0.29) is 23.6 Å². The van der Waals surface area contributed by atoms with E-state index in [1.54, 1.807) is 53.9 Å². The Labute approximate surface area is 330 Å². The van der Waals surface area contributed by atoms with Gasteiger partial charge < -0.3 is 23.9 Å². The number of rotatable bonds is 7. The molecule has 3 aliphatic rings. The third-order valence-corrected chi connectivity index (χ3v) is 11.5. The maximum Gasteiger partial charge on any atom is 0.264 e. The summed E-state index contributed by atoms with van der Waals surface area (Å²) in [7, 11) is 1.99. The Morgan fingerprint density at radius 2 is 1.79 bits per heavy atom. The summed E-state index contributed by atoms with van der Waals surface area (Å²) in [6.07, 6.45) is 12.4. The molecule has 0 fully saturated rings. The summed E-state index contributed by atoms with van der Waals surface area (Å²) in [5.74, 6) is 0.498. The summed E-state index contributed by atoms with van der Waals surface area (Å²) < 4.78 is 10.2. The molecule has 2 aromatic heterocycles. The molecule has 0 unspecified atom stereocenters. The van der Waals surface area contributed by atoms with Crippen LogP contribution in [-0.4, -0.2) is 43.2 Å². The Balaban J connectivity index is 1.13. The molecule has 9 nitrogen and oxygen atoms in total. The summed E-state index contributed by atoms with van der Waals surface area (Å²) in [6, 6.07) is 30.1. The fourth-order valence-electron chi connectivity index (χ4n) is 8.39. The topological polar surface area (TPSA) is 92.3 Å². The van der Waals surface area contributed by atoms with E-state index in [9.17, 15) is 5.11 Å². The molecule has 0 aliphatic carbocycles.